The molecule has 2 aromatic carbocycles. The predicted octanol–water partition coefficient (Wildman–Crippen LogP) is 4.82. The standard InChI is InChI=1S/C26H28O3/c1-4-15-12-18(17-8-6-14(3)7-9-17)13-16(5-2)21(15)24-25(27)22-19-10-11-20(29-19)23(22)26(24)28/h6-9,12-13,19-20,22-24H,4-5,10-11H2,1-3H3/t19-,20-,22-,23+,24?/m1/s1. The predicted molar refractivity (Wildman–Crippen MR) is 113 cm³/mol. The Balaban J connectivity index is 1.61. The molecular weight excluding hydrogens is 360 g/mol. The van der Waals surface area contributed by atoms with Gasteiger partial charge in [0, 0.05) is 0 Å². The summed E-state index contributed by atoms with van der Waals surface area (Å²) in [5, 5.41) is 0. The first-order chi connectivity index (χ1) is 14.0. The normalized spacial score (nSPS) is 30.2. The fourth-order valence-corrected chi connectivity index (χ4v) is 5.86. The minimum atomic E-state index is -0.589. The van der Waals surface area contributed by atoms with Gasteiger partial charge in [0.05, 0.1) is 24.0 Å². The van der Waals surface area contributed by atoms with Crippen LogP contribution in [0.3, 0.4) is 0 Å². The monoisotopic (exact) mass is 388 g/mol. The van der Waals surface area contributed by atoms with Crippen LogP contribution in [-0.2, 0) is 27.2 Å². The second-order valence-electron chi connectivity index (χ2n) is 8.86. The van der Waals surface area contributed by atoms with Crippen LogP contribution < -0.4 is 0 Å². The van der Waals surface area contributed by atoms with Gasteiger partial charge in [0.15, 0.2) is 11.6 Å². The lowest BCUT2D eigenvalue weighted by atomic mass is 9.81. The van der Waals surface area contributed by atoms with E-state index < -0.39 is 5.92 Å². The number of ether oxygens (including phenoxy) is 1. The molecule has 3 heteroatoms. The van der Waals surface area contributed by atoms with Gasteiger partial charge in [-0.25, -0.2) is 0 Å². The van der Waals surface area contributed by atoms with Gasteiger partial charge < -0.3 is 4.74 Å². The van der Waals surface area contributed by atoms with E-state index in [0.29, 0.717) is 0 Å². The van der Waals surface area contributed by atoms with E-state index in [1.165, 1.54) is 16.7 Å². The van der Waals surface area contributed by atoms with Crippen LogP contribution in [0.4, 0.5) is 0 Å². The molecule has 1 saturated carbocycles. The van der Waals surface area contributed by atoms with Gasteiger partial charge >= 0.3 is 0 Å². The van der Waals surface area contributed by atoms with E-state index in [4.69, 9.17) is 4.74 Å². The zero-order chi connectivity index (χ0) is 20.3. The molecular formula is C26H28O3. The van der Waals surface area contributed by atoms with Gasteiger partial charge in [0.1, 0.15) is 5.92 Å². The number of ketones is 2. The summed E-state index contributed by atoms with van der Waals surface area (Å²) in [7, 11) is 0. The van der Waals surface area contributed by atoms with E-state index >= 15 is 0 Å². The Hall–Kier alpha value is -2.26. The molecule has 1 aliphatic carbocycles. The third kappa shape index (κ3) is 2.74. The topological polar surface area (TPSA) is 43.4 Å². The zero-order valence-electron chi connectivity index (χ0n) is 17.4. The number of fused-ring (bicyclic) bond motifs is 5. The lowest BCUT2D eigenvalue weighted by Gasteiger charge is -2.21. The maximum atomic E-state index is 13.4. The maximum Gasteiger partial charge on any atom is 0.154 e. The molecule has 3 fully saturated rings. The highest BCUT2D eigenvalue weighted by Crippen LogP contribution is 2.53. The van der Waals surface area contributed by atoms with E-state index in [1.54, 1.807) is 0 Å². The number of benzene rings is 2. The quantitative estimate of drug-likeness (QED) is 0.706. The van der Waals surface area contributed by atoms with Gasteiger partial charge in [-0.15, -0.1) is 0 Å². The third-order valence-electron chi connectivity index (χ3n) is 7.29. The number of hydrogen-bond acceptors (Lipinski definition) is 3. The molecule has 0 N–H and O–H groups in total. The van der Waals surface area contributed by atoms with Crippen molar-refractivity contribution in [3.63, 3.8) is 0 Å². The molecule has 5 atom stereocenters. The minimum Gasteiger partial charge on any atom is -0.373 e. The van der Waals surface area contributed by atoms with Crippen LogP contribution in [-0.4, -0.2) is 23.8 Å². The minimum absolute atomic E-state index is 0.0339. The Morgan fingerprint density at radius 2 is 1.34 bits per heavy atom. The van der Waals surface area contributed by atoms with Crippen molar-refractivity contribution in [3.05, 3.63) is 58.7 Å². The van der Waals surface area contributed by atoms with Crippen molar-refractivity contribution in [3.8, 4) is 11.1 Å². The molecule has 0 aromatic heterocycles. The molecule has 3 aliphatic rings. The Labute approximate surface area is 172 Å². The average Bonchev–Trinajstić information content (AvgIpc) is 3.41. The van der Waals surface area contributed by atoms with Gasteiger partial charge in [0.25, 0.3) is 0 Å². The summed E-state index contributed by atoms with van der Waals surface area (Å²) in [6.45, 7) is 6.33. The number of aryl methyl sites for hydroxylation is 3. The molecule has 5 rings (SSSR count). The van der Waals surface area contributed by atoms with Crippen LogP contribution >= 0.6 is 0 Å². The van der Waals surface area contributed by atoms with Crippen LogP contribution in [0.15, 0.2) is 36.4 Å². The number of carbonyl (C=O) groups is 2. The van der Waals surface area contributed by atoms with Crippen LogP contribution in [0, 0.1) is 18.8 Å². The second kappa shape index (κ2) is 6.91. The summed E-state index contributed by atoms with van der Waals surface area (Å²) in [4.78, 5) is 26.8. The van der Waals surface area contributed by atoms with E-state index in [9.17, 15) is 9.59 Å². The molecule has 2 heterocycles. The van der Waals surface area contributed by atoms with Crippen LogP contribution in [0.1, 0.15) is 54.9 Å². The van der Waals surface area contributed by atoms with Crippen molar-refractivity contribution in [2.24, 2.45) is 11.8 Å². The second-order valence-corrected chi connectivity index (χ2v) is 8.86. The Morgan fingerprint density at radius 3 is 1.83 bits per heavy atom. The van der Waals surface area contributed by atoms with Gasteiger partial charge in [-0.05, 0) is 60.4 Å². The highest BCUT2D eigenvalue weighted by molar-refractivity contribution is 6.17. The summed E-state index contributed by atoms with van der Waals surface area (Å²) in [5.41, 5.74) is 6.86. The average molecular weight is 389 g/mol. The van der Waals surface area contributed by atoms with Crippen molar-refractivity contribution in [2.75, 3.05) is 0 Å². The first-order valence-electron chi connectivity index (χ1n) is 11.0. The molecule has 2 saturated heterocycles. The first kappa shape index (κ1) is 18.7. The van der Waals surface area contributed by atoms with Crippen molar-refractivity contribution >= 4 is 11.6 Å². The zero-order valence-corrected chi connectivity index (χ0v) is 17.4. The first-order valence-corrected chi connectivity index (χ1v) is 11.0. The molecule has 2 bridgehead atoms. The summed E-state index contributed by atoms with van der Waals surface area (Å²) in [6, 6.07) is 12.9. The Bertz CT molecular complexity index is 935. The van der Waals surface area contributed by atoms with E-state index in [-0.39, 0.29) is 35.6 Å². The molecule has 0 amide bonds. The van der Waals surface area contributed by atoms with Gasteiger partial charge in [0.2, 0.25) is 0 Å². The number of hydrogen-bond donors (Lipinski definition) is 0. The molecule has 2 aromatic rings. The summed E-state index contributed by atoms with van der Waals surface area (Å²) in [5.74, 6) is -0.789. The highest BCUT2D eigenvalue weighted by Gasteiger charge is 2.63. The van der Waals surface area contributed by atoms with Crippen molar-refractivity contribution in [1.82, 2.24) is 0 Å². The van der Waals surface area contributed by atoms with Gasteiger partial charge in [-0.1, -0.05) is 55.8 Å². The fourth-order valence-electron chi connectivity index (χ4n) is 5.86. The van der Waals surface area contributed by atoms with E-state index in [2.05, 4.69) is 57.2 Å². The number of Topliss-reactive ketones (excluding diaryl/α,β-unsaturated/α-hetero) is 2. The van der Waals surface area contributed by atoms with Gasteiger partial charge in [-0.2, -0.15) is 0 Å². The fraction of sp³-hybridized carbons (Fsp3) is 0.462. The third-order valence-corrected chi connectivity index (χ3v) is 7.29. The molecule has 150 valence electrons. The molecule has 1 unspecified atom stereocenters. The maximum absolute atomic E-state index is 13.4. The highest BCUT2D eigenvalue weighted by atomic mass is 16.5. The molecule has 2 aliphatic heterocycles. The summed E-state index contributed by atoms with van der Waals surface area (Å²) in [6.07, 6.45) is 3.41. The van der Waals surface area contributed by atoms with Crippen LogP contribution in [0.5, 0.6) is 0 Å². The molecule has 0 spiro atoms. The van der Waals surface area contributed by atoms with Crippen molar-refractivity contribution in [1.29, 1.82) is 0 Å². The Kier molecular flexibility index (Phi) is 4.47. The number of rotatable bonds is 4. The van der Waals surface area contributed by atoms with Crippen LogP contribution in [0.25, 0.3) is 11.1 Å². The SMILES string of the molecule is CCc1cc(-c2ccc(C)cc2)cc(CC)c1C1C(=O)[C@@H]2[C@H](C1=O)[C@H]1CC[C@H]2O1. The summed E-state index contributed by atoms with van der Waals surface area (Å²) < 4.78 is 5.92. The summed E-state index contributed by atoms with van der Waals surface area (Å²) >= 11 is 0. The molecule has 29 heavy (non-hydrogen) atoms. The Morgan fingerprint density at radius 1 is 0.828 bits per heavy atom. The van der Waals surface area contributed by atoms with Gasteiger partial charge in [-0.3, -0.25) is 9.59 Å². The largest absolute Gasteiger partial charge is 0.373 e. The van der Waals surface area contributed by atoms with Crippen molar-refractivity contribution in [2.45, 2.75) is 64.6 Å². The molecule has 0 radical (unpaired) electrons. The van der Waals surface area contributed by atoms with E-state index in [1.807, 2.05) is 0 Å². The van der Waals surface area contributed by atoms with Crippen LogP contribution in [0.2, 0.25) is 0 Å². The van der Waals surface area contributed by atoms with Crippen molar-refractivity contribution < 1.29 is 14.3 Å². The lowest BCUT2D eigenvalue weighted by Crippen LogP contribution is -2.29. The smallest absolute Gasteiger partial charge is 0.154 e. The number of carbonyl (C=O) groups excluding carboxylic acids is 2. The molecule has 3 nitrogen and oxygen atoms in total. The lowest BCUT2D eigenvalue weighted by molar-refractivity contribution is -0.127. The van der Waals surface area contributed by atoms with E-state index in [0.717, 1.165) is 42.4 Å².